The van der Waals surface area contributed by atoms with Crippen LogP contribution in [0.25, 0.3) is 0 Å². The Labute approximate surface area is 167 Å². The second kappa shape index (κ2) is 9.41. The van der Waals surface area contributed by atoms with E-state index < -0.39 is 0 Å². The van der Waals surface area contributed by atoms with Gasteiger partial charge in [-0.3, -0.25) is 9.88 Å². The fraction of sp³-hybridized carbons (Fsp3) is 0.526. The molecule has 4 heterocycles. The van der Waals surface area contributed by atoms with E-state index in [9.17, 15) is 0 Å². The Bertz CT molecular complexity index is 689. The highest BCUT2D eigenvalue weighted by molar-refractivity contribution is 5.85. The first-order chi connectivity index (χ1) is 12.8. The van der Waals surface area contributed by atoms with Crippen LogP contribution >= 0.6 is 12.4 Å². The van der Waals surface area contributed by atoms with Crippen molar-refractivity contribution >= 4 is 18.4 Å². The van der Waals surface area contributed by atoms with Crippen LogP contribution in [0.2, 0.25) is 0 Å². The van der Waals surface area contributed by atoms with Crippen LogP contribution in [-0.4, -0.2) is 77.6 Å². The highest BCUT2D eigenvalue weighted by atomic mass is 35.5. The van der Waals surface area contributed by atoms with Gasteiger partial charge in [-0.1, -0.05) is 6.07 Å². The molecule has 0 amide bonds. The zero-order valence-electron chi connectivity index (χ0n) is 15.8. The number of halogens is 1. The van der Waals surface area contributed by atoms with E-state index in [1.165, 1.54) is 11.1 Å². The SMILES string of the molecule is CN1CCN(c2ncc(CN3CCNCC3c3cccnc3)cn2)CC1.Cl. The van der Waals surface area contributed by atoms with Gasteiger partial charge >= 0.3 is 0 Å². The highest BCUT2D eigenvalue weighted by Gasteiger charge is 2.24. The van der Waals surface area contributed by atoms with Gasteiger partial charge in [0.15, 0.2) is 0 Å². The monoisotopic (exact) mass is 389 g/mol. The van der Waals surface area contributed by atoms with Gasteiger partial charge in [-0.25, -0.2) is 9.97 Å². The molecule has 2 aromatic heterocycles. The Morgan fingerprint density at radius 3 is 2.56 bits per heavy atom. The average molecular weight is 390 g/mol. The van der Waals surface area contributed by atoms with Gasteiger partial charge in [0.2, 0.25) is 5.95 Å². The fourth-order valence-electron chi connectivity index (χ4n) is 3.67. The van der Waals surface area contributed by atoms with Gasteiger partial charge in [0.25, 0.3) is 0 Å². The molecule has 0 saturated carbocycles. The summed E-state index contributed by atoms with van der Waals surface area (Å²) in [6.45, 7) is 7.97. The van der Waals surface area contributed by atoms with Crippen molar-refractivity contribution in [1.82, 2.24) is 30.1 Å². The molecule has 4 rings (SSSR count). The number of pyridine rings is 1. The van der Waals surface area contributed by atoms with Crippen LogP contribution in [0.1, 0.15) is 17.2 Å². The lowest BCUT2D eigenvalue weighted by atomic mass is 10.0. The molecule has 27 heavy (non-hydrogen) atoms. The maximum Gasteiger partial charge on any atom is 0.225 e. The van der Waals surface area contributed by atoms with Crippen molar-refractivity contribution in [3.63, 3.8) is 0 Å². The van der Waals surface area contributed by atoms with E-state index in [1.807, 2.05) is 30.9 Å². The number of rotatable bonds is 4. The van der Waals surface area contributed by atoms with Gasteiger partial charge in [-0.05, 0) is 18.7 Å². The Morgan fingerprint density at radius 2 is 1.85 bits per heavy atom. The van der Waals surface area contributed by atoms with Crippen LogP contribution in [0.5, 0.6) is 0 Å². The molecule has 1 atom stereocenters. The van der Waals surface area contributed by atoms with Crippen LogP contribution in [0.3, 0.4) is 0 Å². The Hall–Kier alpha value is -1.80. The third-order valence-corrected chi connectivity index (χ3v) is 5.29. The molecular weight excluding hydrogens is 362 g/mol. The van der Waals surface area contributed by atoms with Crippen molar-refractivity contribution in [2.45, 2.75) is 12.6 Å². The van der Waals surface area contributed by atoms with Gasteiger partial charge in [-0.15, -0.1) is 12.4 Å². The molecule has 0 radical (unpaired) electrons. The van der Waals surface area contributed by atoms with Gasteiger partial charge in [0.1, 0.15) is 0 Å². The number of anilines is 1. The molecule has 7 nitrogen and oxygen atoms in total. The molecule has 146 valence electrons. The van der Waals surface area contributed by atoms with E-state index in [0.29, 0.717) is 6.04 Å². The van der Waals surface area contributed by atoms with Gasteiger partial charge in [-0.2, -0.15) is 0 Å². The number of nitrogens with zero attached hydrogens (tertiary/aromatic N) is 6. The van der Waals surface area contributed by atoms with E-state index >= 15 is 0 Å². The van der Waals surface area contributed by atoms with E-state index in [4.69, 9.17) is 0 Å². The minimum absolute atomic E-state index is 0. The number of piperazine rings is 2. The lowest BCUT2D eigenvalue weighted by molar-refractivity contribution is 0.153. The summed E-state index contributed by atoms with van der Waals surface area (Å²) >= 11 is 0. The summed E-state index contributed by atoms with van der Waals surface area (Å²) < 4.78 is 0. The summed E-state index contributed by atoms with van der Waals surface area (Å²) in [5.74, 6) is 0.853. The molecule has 1 unspecified atom stereocenters. The molecule has 2 saturated heterocycles. The first-order valence-electron chi connectivity index (χ1n) is 9.39. The minimum atomic E-state index is 0. The van der Waals surface area contributed by atoms with Gasteiger partial charge in [0.05, 0.1) is 0 Å². The summed E-state index contributed by atoms with van der Waals surface area (Å²) in [5, 5.41) is 3.49. The van der Waals surface area contributed by atoms with E-state index in [1.54, 1.807) is 0 Å². The minimum Gasteiger partial charge on any atom is -0.338 e. The zero-order valence-corrected chi connectivity index (χ0v) is 16.6. The first-order valence-corrected chi connectivity index (χ1v) is 9.39. The molecule has 0 bridgehead atoms. The van der Waals surface area contributed by atoms with Crippen molar-refractivity contribution in [2.75, 3.05) is 57.8 Å². The number of hydrogen-bond acceptors (Lipinski definition) is 7. The molecule has 2 aromatic rings. The van der Waals surface area contributed by atoms with Crippen LogP contribution in [-0.2, 0) is 6.54 Å². The Balaban J connectivity index is 0.00000210. The van der Waals surface area contributed by atoms with Crippen LogP contribution < -0.4 is 10.2 Å². The summed E-state index contributed by atoms with van der Waals surface area (Å²) in [5.41, 5.74) is 2.42. The molecule has 2 aliphatic rings. The standard InChI is InChI=1S/C19H27N7.ClH/c1-24-7-9-25(10-8-24)19-22-11-16(12-23-19)15-26-6-5-21-14-18(26)17-3-2-4-20-13-17;/h2-4,11-13,18,21H,5-10,14-15H2,1H3;1H. The summed E-state index contributed by atoms with van der Waals surface area (Å²) in [6, 6.07) is 4.51. The number of likely N-dealkylation sites (N-methyl/N-ethyl adjacent to an activating group) is 1. The topological polar surface area (TPSA) is 60.4 Å². The third-order valence-electron chi connectivity index (χ3n) is 5.29. The quantitative estimate of drug-likeness (QED) is 0.842. The largest absolute Gasteiger partial charge is 0.338 e. The van der Waals surface area contributed by atoms with Crippen molar-refractivity contribution in [3.05, 3.63) is 48.0 Å². The lowest BCUT2D eigenvalue weighted by Crippen LogP contribution is -2.45. The summed E-state index contributed by atoms with van der Waals surface area (Å²) in [4.78, 5) is 20.6. The van der Waals surface area contributed by atoms with Gasteiger partial charge in [0, 0.05) is 88.8 Å². The first kappa shape index (κ1) is 19.9. The molecule has 0 aromatic carbocycles. The molecule has 2 fully saturated rings. The van der Waals surface area contributed by atoms with E-state index in [0.717, 1.165) is 58.3 Å². The van der Waals surface area contributed by atoms with Crippen molar-refractivity contribution in [2.24, 2.45) is 0 Å². The predicted octanol–water partition coefficient (Wildman–Crippen LogP) is 1.19. The average Bonchev–Trinajstić information content (AvgIpc) is 2.70. The summed E-state index contributed by atoms with van der Waals surface area (Å²) in [7, 11) is 2.16. The number of nitrogens with one attached hydrogen (secondary N) is 1. The number of hydrogen-bond donors (Lipinski definition) is 1. The zero-order chi connectivity index (χ0) is 17.8. The Morgan fingerprint density at radius 1 is 1.07 bits per heavy atom. The van der Waals surface area contributed by atoms with Crippen molar-refractivity contribution < 1.29 is 0 Å². The Kier molecular flexibility index (Phi) is 6.95. The summed E-state index contributed by atoms with van der Waals surface area (Å²) in [6.07, 6.45) is 7.78. The van der Waals surface area contributed by atoms with E-state index in [2.05, 4.69) is 48.1 Å². The predicted molar refractivity (Wildman–Crippen MR) is 109 cm³/mol. The van der Waals surface area contributed by atoms with Crippen LogP contribution in [0, 0.1) is 0 Å². The molecule has 0 aliphatic carbocycles. The van der Waals surface area contributed by atoms with Crippen molar-refractivity contribution in [1.29, 1.82) is 0 Å². The lowest BCUT2D eigenvalue weighted by Gasteiger charge is -2.36. The smallest absolute Gasteiger partial charge is 0.225 e. The molecule has 0 spiro atoms. The third kappa shape index (κ3) is 4.93. The van der Waals surface area contributed by atoms with E-state index in [-0.39, 0.29) is 12.4 Å². The molecule has 2 aliphatic heterocycles. The maximum atomic E-state index is 4.63. The fourth-order valence-corrected chi connectivity index (χ4v) is 3.67. The number of aromatic nitrogens is 3. The highest BCUT2D eigenvalue weighted by Crippen LogP contribution is 2.23. The molecular formula is C19H28ClN7. The molecule has 8 heteroatoms. The maximum absolute atomic E-state index is 4.63. The van der Waals surface area contributed by atoms with Crippen molar-refractivity contribution in [3.8, 4) is 0 Å². The van der Waals surface area contributed by atoms with Crippen LogP contribution in [0.15, 0.2) is 36.9 Å². The van der Waals surface area contributed by atoms with Gasteiger partial charge < -0.3 is 15.1 Å². The van der Waals surface area contributed by atoms with Crippen LogP contribution in [0.4, 0.5) is 5.95 Å². The normalized spacial score (nSPS) is 21.7. The second-order valence-corrected chi connectivity index (χ2v) is 7.16. The second-order valence-electron chi connectivity index (χ2n) is 7.16. The molecule has 1 N–H and O–H groups in total.